The van der Waals surface area contributed by atoms with E-state index in [0.717, 1.165) is 23.5 Å². The number of nitrogen functional groups attached to an aromatic ring is 1. The number of amides is 1. The number of nitrogens with two attached hydrogens (primary N) is 1. The van der Waals surface area contributed by atoms with Gasteiger partial charge in [-0.1, -0.05) is 6.07 Å². The van der Waals surface area contributed by atoms with Crippen LogP contribution in [0.3, 0.4) is 0 Å². The summed E-state index contributed by atoms with van der Waals surface area (Å²) in [6, 6.07) is 4.77. The molecule has 5 nitrogen and oxygen atoms in total. The second-order valence-corrected chi connectivity index (χ2v) is 4.04. The molecule has 0 bridgehead atoms. The molecule has 0 aromatic carbocycles. The normalized spacial score (nSPS) is 10.2. The van der Waals surface area contributed by atoms with Gasteiger partial charge in [0.1, 0.15) is 11.6 Å². The molecule has 0 atom stereocenters. The van der Waals surface area contributed by atoms with Crippen LogP contribution in [0.5, 0.6) is 0 Å². The van der Waals surface area contributed by atoms with Crippen molar-refractivity contribution in [2.75, 3.05) is 5.73 Å². The fourth-order valence-corrected chi connectivity index (χ4v) is 1.59. The molecule has 0 aliphatic carbocycles. The summed E-state index contributed by atoms with van der Waals surface area (Å²) in [4.78, 5) is 19.6. The van der Waals surface area contributed by atoms with Crippen molar-refractivity contribution >= 4 is 11.7 Å². The zero-order valence-electron chi connectivity index (χ0n) is 10.4. The molecule has 2 aromatic rings. The Bertz CT molecular complexity index is 615. The highest BCUT2D eigenvalue weighted by molar-refractivity contribution is 5.98. The number of hydrogen-bond acceptors (Lipinski definition) is 4. The molecule has 2 heterocycles. The first-order valence-corrected chi connectivity index (χ1v) is 5.67. The van der Waals surface area contributed by atoms with Crippen molar-refractivity contribution < 1.29 is 9.18 Å². The Labute approximate surface area is 109 Å². The molecule has 0 radical (unpaired) electrons. The van der Waals surface area contributed by atoms with Gasteiger partial charge in [0.25, 0.3) is 5.91 Å². The first kappa shape index (κ1) is 12.9. The summed E-state index contributed by atoms with van der Waals surface area (Å²) in [7, 11) is 0. The predicted molar refractivity (Wildman–Crippen MR) is 68.8 cm³/mol. The molecule has 2 rings (SSSR count). The van der Waals surface area contributed by atoms with Crippen molar-refractivity contribution in [3.8, 4) is 0 Å². The number of pyridine rings is 2. The first-order valence-electron chi connectivity index (χ1n) is 5.67. The average molecular weight is 260 g/mol. The number of carbonyl (C=O) groups is 1. The van der Waals surface area contributed by atoms with E-state index < -0.39 is 11.7 Å². The van der Waals surface area contributed by atoms with Crippen molar-refractivity contribution in [3.63, 3.8) is 0 Å². The number of carbonyl (C=O) groups excluding carboxylic acids is 1. The van der Waals surface area contributed by atoms with Crippen molar-refractivity contribution in [1.29, 1.82) is 0 Å². The molecular formula is C13H13FN4O. The van der Waals surface area contributed by atoms with Crippen molar-refractivity contribution in [2.45, 2.75) is 13.5 Å². The highest BCUT2D eigenvalue weighted by Gasteiger charge is 2.12. The molecule has 0 spiro atoms. The maximum atomic E-state index is 13.0. The van der Waals surface area contributed by atoms with E-state index in [1.807, 2.05) is 19.1 Å². The largest absolute Gasteiger partial charge is 0.383 e. The topological polar surface area (TPSA) is 80.9 Å². The van der Waals surface area contributed by atoms with Gasteiger partial charge in [-0.2, -0.15) is 0 Å². The lowest BCUT2D eigenvalue weighted by Gasteiger charge is -2.08. The summed E-state index contributed by atoms with van der Waals surface area (Å²) in [6.07, 6.45) is 2.61. The Kier molecular flexibility index (Phi) is 3.70. The molecule has 0 unspecified atom stereocenters. The van der Waals surface area contributed by atoms with Gasteiger partial charge in [0.15, 0.2) is 0 Å². The molecule has 3 N–H and O–H groups in total. The van der Waals surface area contributed by atoms with E-state index in [2.05, 4.69) is 15.3 Å². The van der Waals surface area contributed by atoms with Gasteiger partial charge in [-0.15, -0.1) is 0 Å². The second kappa shape index (κ2) is 5.43. The summed E-state index contributed by atoms with van der Waals surface area (Å²) in [5.41, 5.74) is 7.27. The molecule has 0 aliphatic rings. The van der Waals surface area contributed by atoms with Crippen LogP contribution >= 0.6 is 0 Å². The van der Waals surface area contributed by atoms with Gasteiger partial charge < -0.3 is 11.1 Å². The maximum Gasteiger partial charge on any atom is 0.255 e. The lowest BCUT2D eigenvalue weighted by Crippen LogP contribution is -2.25. The van der Waals surface area contributed by atoms with E-state index in [1.54, 1.807) is 6.20 Å². The van der Waals surface area contributed by atoms with Crippen LogP contribution in [0.4, 0.5) is 10.2 Å². The highest BCUT2D eigenvalue weighted by Crippen LogP contribution is 2.10. The van der Waals surface area contributed by atoms with Crippen LogP contribution < -0.4 is 11.1 Å². The highest BCUT2D eigenvalue weighted by atomic mass is 19.1. The third kappa shape index (κ3) is 3.04. The van der Waals surface area contributed by atoms with Gasteiger partial charge in [0.05, 0.1) is 24.0 Å². The van der Waals surface area contributed by atoms with Crippen LogP contribution in [-0.4, -0.2) is 15.9 Å². The summed E-state index contributed by atoms with van der Waals surface area (Å²) < 4.78 is 13.0. The Morgan fingerprint density at radius 2 is 2.26 bits per heavy atom. The van der Waals surface area contributed by atoms with Crippen molar-refractivity contribution in [1.82, 2.24) is 15.3 Å². The third-order valence-electron chi connectivity index (χ3n) is 2.66. The number of halogens is 1. The number of nitrogens with zero attached hydrogens (tertiary/aromatic N) is 2. The molecular weight excluding hydrogens is 247 g/mol. The standard InChI is InChI=1S/C13H13FN4O/c1-8-3-2-4-16-11(8)7-18-13(19)10-5-9(14)6-17-12(10)15/h2-6H,7H2,1H3,(H2,15,17)(H,18,19). The van der Waals surface area contributed by atoms with E-state index in [1.165, 1.54) is 0 Å². The number of nitrogens with one attached hydrogen (secondary N) is 1. The molecule has 6 heteroatoms. The molecule has 98 valence electrons. The molecule has 2 aromatic heterocycles. The lowest BCUT2D eigenvalue weighted by atomic mass is 10.2. The summed E-state index contributed by atoms with van der Waals surface area (Å²) in [5.74, 6) is -1.08. The lowest BCUT2D eigenvalue weighted by molar-refractivity contribution is 0.0950. The van der Waals surface area contributed by atoms with Gasteiger partial charge >= 0.3 is 0 Å². The number of rotatable bonds is 3. The monoisotopic (exact) mass is 260 g/mol. The second-order valence-electron chi connectivity index (χ2n) is 4.04. The molecule has 19 heavy (non-hydrogen) atoms. The SMILES string of the molecule is Cc1cccnc1CNC(=O)c1cc(F)cnc1N. The Balaban J connectivity index is 2.10. The van der Waals surface area contributed by atoms with Crippen LogP contribution in [-0.2, 0) is 6.54 Å². The summed E-state index contributed by atoms with van der Waals surface area (Å²) >= 11 is 0. The van der Waals surface area contributed by atoms with Gasteiger partial charge in [0.2, 0.25) is 0 Å². The predicted octanol–water partition coefficient (Wildman–Crippen LogP) is 1.44. The van der Waals surface area contributed by atoms with E-state index in [-0.39, 0.29) is 17.9 Å². The Morgan fingerprint density at radius 1 is 1.47 bits per heavy atom. The smallest absolute Gasteiger partial charge is 0.255 e. The fourth-order valence-electron chi connectivity index (χ4n) is 1.59. The fraction of sp³-hybridized carbons (Fsp3) is 0.154. The van der Waals surface area contributed by atoms with Crippen LogP contribution in [0.1, 0.15) is 21.6 Å². The van der Waals surface area contributed by atoms with Crippen LogP contribution in [0.2, 0.25) is 0 Å². The van der Waals surface area contributed by atoms with Gasteiger partial charge in [0, 0.05) is 6.20 Å². The van der Waals surface area contributed by atoms with Crippen LogP contribution in [0, 0.1) is 12.7 Å². The minimum Gasteiger partial charge on any atom is -0.383 e. The molecule has 0 saturated heterocycles. The van der Waals surface area contributed by atoms with E-state index in [9.17, 15) is 9.18 Å². The van der Waals surface area contributed by atoms with Crippen molar-refractivity contribution in [2.24, 2.45) is 0 Å². The van der Waals surface area contributed by atoms with Crippen LogP contribution in [0.15, 0.2) is 30.6 Å². The third-order valence-corrected chi connectivity index (χ3v) is 2.66. The van der Waals surface area contributed by atoms with Crippen molar-refractivity contribution in [3.05, 3.63) is 53.2 Å². The Hall–Kier alpha value is -2.50. The number of aryl methyl sites for hydroxylation is 1. The van der Waals surface area contributed by atoms with Gasteiger partial charge in [-0.05, 0) is 24.6 Å². The minimum atomic E-state index is -0.603. The average Bonchev–Trinajstić information content (AvgIpc) is 2.40. The molecule has 0 fully saturated rings. The summed E-state index contributed by atoms with van der Waals surface area (Å²) in [5, 5.41) is 2.64. The van der Waals surface area contributed by atoms with Gasteiger partial charge in [-0.25, -0.2) is 9.37 Å². The number of hydrogen-bond donors (Lipinski definition) is 2. The molecule has 0 saturated carbocycles. The minimum absolute atomic E-state index is 0.00311. The van der Waals surface area contributed by atoms with Crippen LogP contribution in [0.25, 0.3) is 0 Å². The zero-order chi connectivity index (χ0) is 13.8. The number of anilines is 1. The first-order chi connectivity index (χ1) is 9.08. The molecule has 1 amide bonds. The Morgan fingerprint density at radius 3 is 3.00 bits per heavy atom. The van der Waals surface area contributed by atoms with Gasteiger partial charge in [-0.3, -0.25) is 9.78 Å². The summed E-state index contributed by atoms with van der Waals surface area (Å²) in [6.45, 7) is 2.15. The maximum absolute atomic E-state index is 13.0. The van der Waals surface area contributed by atoms with E-state index in [4.69, 9.17) is 5.73 Å². The van der Waals surface area contributed by atoms with E-state index in [0.29, 0.717) is 0 Å². The van der Waals surface area contributed by atoms with E-state index >= 15 is 0 Å². The zero-order valence-corrected chi connectivity index (χ0v) is 10.4. The number of aromatic nitrogens is 2. The quantitative estimate of drug-likeness (QED) is 0.875. The molecule has 0 aliphatic heterocycles.